The van der Waals surface area contributed by atoms with Crippen molar-refractivity contribution in [1.29, 1.82) is 0 Å². The predicted octanol–water partition coefficient (Wildman–Crippen LogP) is 4.31. The van der Waals surface area contributed by atoms with Crippen LogP contribution in [-0.2, 0) is 56.0 Å². The molecule has 0 bridgehead atoms. The fraction of sp³-hybridized carbons (Fsp3) is 0.529. The number of hydrogen-bond acceptors (Lipinski definition) is 11. The summed E-state index contributed by atoms with van der Waals surface area (Å²) in [5, 5.41) is 4.97. The van der Waals surface area contributed by atoms with Gasteiger partial charge in [0.05, 0.1) is 39.6 Å². The molecule has 0 fully saturated rings. The van der Waals surface area contributed by atoms with Crippen LogP contribution in [0.4, 0.5) is 9.59 Å². The van der Waals surface area contributed by atoms with Crippen LogP contribution in [0.3, 0.4) is 0 Å². The molecule has 0 saturated heterocycles. The lowest BCUT2D eigenvalue weighted by atomic mass is 10.2. The highest BCUT2D eigenvalue weighted by Gasteiger charge is 2.27. The highest BCUT2D eigenvalue weighted by atomic mass is 16.6. The minimum Gasteiger partial charge on any atom is -0.462 e. The summed E-state index contributed by atoms with van der Waals surface area (Å²) in [5.74, 6) is -1.46. The lowest BCUT2D eigenvalue weighted by molar-refractivity contribution is -0.151. The van der Waals surface area contributed by atoms with Crippen molar-refractivity contribution in [2.75, 3.05) is 39.6 Å². The molecule has 0 aliphatic heterocycles. The molecule has 47 heavy (non-hydrogen) atoms. The van der Waals surface area contributed by atoms with Crippen molar-refractivity contribution in [2.24, 2.45) is 0 Å². The summed E-state index contributed by atoms with van der Waals surface area (Å²) in [6.07, 6.45) is -1.57. The maximum atomic E-state index is 12.7. The summed E-state index contributed by atoms with van der Waals surface area (Å²) in [5.41, 5.74) is 0.277. The summed E-state index contributed by atoms with van der Waals surface area (Å²) in [6, 6.07) is 16.5. The van der Waals surface area contributed by atoms with Crippen LogP contribution in [0.1, 0.15) is 52.7 Å². The largest absolute Gasteiger partial charge is 0.462 e. The number of carbonyl (C=O) groups excluding carboxylic acids is 4. The molecule has 0 saturated carbocycles. The summed E-state index contributed by atoms with van der Waals surface area (Å²) in [7, 11) is 0. The molecule has 2 rings (SSSR count). The topological polar surface area (TPSA) is 157 Å². The number of hydrogen-bond donors (Lipinski definition) is 2. The van der Waals surface area contributed by atoms with E-state index in [1.807, 2.05) is 60.7 Å². The summed E-state index contributed by atoms with van der Waals surface area (Å²) in [4.78, 5) is 50.1. The number of ether oxygens (including phenoxy) is 7. The number of amides is 2. The molecule has 13 nitrogen and oxygen atoms in total. The summed E-state index contributed by atoms with van der Waals surface area (Å²) >= 11 is 0. The van der Waals surface area contributed by atoms with E-state index in [-0.39, 0.29) is 52.9 Å². The maximum Gasteiger partial charge on any atom is 0.408 e. The molecule has 260 valence electrons. The van der Waals surface area contributed by atoms with Gasteiger partial charge in [0, 0.05) is 0 Å². The average Bonchev–Trinajstić information content (AvgIpc) is 2.98. The molecule has 0 radical (unpaired) electrons. The average molecular weight is 661 g/mol. The lowest BCUT2D eigenvalue weighted by Gasteiger charge is -2.23. The molecule has 13 heteroatoms. The zero-order valence-corrected chi connectivity index (χ0v) is 28.1. The van der Waals surface area contributed by atoms with Crippen molar-refractivity contribution in [1.82, 2.24) is 10.6 Å². The normalized spacial score (nSPS) is 12.7. The molecular formula is C34H48N2O11. The van der Waals surface area contributed by atoms with E-state index in [9.17, 15) is 19.2 Å². The summed E-state index contributed by atoms with van der Waals surface area (Å²) < 4.78 is 37.7. The number of esters is 2. The molecule has 2 N–H and O–H groups in total. The van der Waals surface area contributed by atoms with E-state index in [0.717, 1.165) is 11.1 Å². The van der Waals surface area contributed by atoms with Gasteiger partial charge in [-0.25, -0.2) is 19.2 Å². The second-order valence-corrected chi connectivity index (χ2v) is 12.3. The minimum absolute atomic E-state index is 0.00685. The van der Waals surface area contributed by atoms with Gasteiger partial charge in [-0.3, -0.25) is 0 Å². The standard InChI is InChI=1S/C34H48N2O11/c1-33(2,3)46-31(39)35-27(23-42-21-25-13-9-7-10-14-25)29(37)44-19-17-41-18-20-45-30(38)28(36-32(40)47-34(4,5)6)24-43-22-26-15-11-8-12-16-26/h7-16,27-28H,17-24H2,1-6H3,(H,35,39)(H,36,40)/t27-,28+. The predicted molar refractivity (Wildman–Crippen MR) is 171 cm³/mol. The number of nitrogens with one attached hydrogen (secondary N) is 2. The zero-order valence-electron chi connectivity index (χ0n) is 28.1. The van der Waals surface area contributed by atoms with Crippen molar-refractivity contribution in [3.05, 3.63) is 71.8 Å². The van der Waals surface area contributed by atoms with Crippen molar-refractivity contribution < 1.29 is 52.3 Å². The third-order valence-electron chi connectivity index (χ3n) is 5.69. The fourth-order valence-electron chi connectivity index (χ4n) is 3.68. The number of alkyl carbamates (subject to hydrolysis) is 2. The molecule has 0 heterocycles. The first-order valence-corrected chi connectivity index (χ1v) is 15.4. The van der Waals surface area contributed by atoms with E-state index in [0.29, 0.717) is 0 Å². The van der Waals surface area contributed by atoms with Crippen LogP contribution < -0.4 is 10.6 Å². The van der Waals surface area contributed by atoms with E-state index in [1.165, 1.54) is 0 Å². The Kier molecular flexibility index (Phi) is 16.7. The third kappa shape index (κ3) is 18.5. The van der Waals surface area contributed by atoms with E-state index in [4.69, 9.17) is 33.2 Å². The highest BCUT2D eigenvalue weighted by Crippen LogP contribution is 2.09. The van der Waals surface area contributed by atoms with Crippen LogP contribution in [0, 0.1) is 0 Å². The zero-order chi connectivity index (χ0) is 34.7. The Morgan fingerprint density at radius 1 is 0.553 bits per heavy atom. The van der Waals surface area contributed by atoms with Crippen LogP contribution >= 0.6 is 0 Å². The Bertz CT molecular complexity index is 1130. The fourth-order valence-corrected chi connectivity index (χ4v) is 3.68. The van der Waals surface area contributed by atoms with Crippen LogP contribution in [-0.4, -0.2) is 87.1 Å². The van der Waals surface area contributed by atoms with Gasteiger partial charge in [-0.2, -0.15) is 0 Å². The second kappa shape index (κ2) is 20.1. The second-order valence-electron chi connectivity index (χ2n) is 12.3. The van der Waals surface area contributed by atoms with Gasteiger partial charge in [-0.1, -0.05) is 60.7 Å². The number of carbonyl (C=O) groups is 4. The first-order valence-electron chi connectivity index (χ1n) is 15.4. The van der Waals surface area contributed by atoms with Crippen LogP contribution in [0.2, 0.25) is 0 Å². The first kappa shape index (κ1) is 39.0. The Hall–Kier alpha value is -4.20. The lowest BCUT2D eigenvalue weighted by Crippen LogP contribution is -2.47. The molecule has 0 spiro atoms. The van der Waals surface area contributed by atoms with Gasteiger partial charge in [-0.05, 0) is 52.7 Å². The van der Waals surface area contributed by atoms with Gasteiger partial charge in [0.2, 0.25) is 0 Å². The Morgan fingerprint density at radius 3 is 1.26 bits per heavy atom. The van der Waals surface area contributed by atoms with Gasteiger partial charge < -0.3 is 43.8 Å². The quantitative estimate of drug-likeness (QED) is 0.133. The van der Waals surface area contributed by atoms with E-state index >= 15 is 0 Å². The SMILES string of the molecule is CC(C)(C)OC(=O)N[C@@H](COCc1ccccc1)C(=O)OCCOCCOC(=O)[C@@H](COCc1ccccc1)NC(=O)OC(C)(C)C. The van der Waals surface area contributed by atoms with Crippen molar-refractivity contribution in [3.8, 4) is 0 Å². The Balaban J connectivity index is 1.77. The molecule has 2 aromatic rings. The molecule has 2 amide bonds. The minimum atomic E-state index is -1.12. The molecule has 0 aliphatic carbocycles. The van der Waals surface area contributed by atoms with E-state index in [2.05, 4.69) is 10.6 Å². The molecular weight excluding hydrogens is 612 g/mol. The van der Waals surface area contributed by atoms with Gasteiger partial charge in [0.15, 0.2) is 12.1 Å². The maximum absolute atomic E-state index is 12.7. The van der Waals surface area contributed by atoms with E-state index < -0.39 is 47.4 Å². The number of benzene rings is 2. The molecule has 0 unspecified atom stereocenters. The van der Waals surface area contributed by atoms with Crippen molar-refractivity contribution >= 4 is 24.1 Å². The molecule has 0 aromatic heterocycles. The number of rotatable bonds is 18. The smallest absolute Gasteiger partial charge is 0.408 e. The van der Waals surface area contributed by atoms with Gasteiger partial charge >= 0.3 is 24.1 Å². The molecule has 2 atom stereocenters. The third-order valence-corrected chi connectivity index (χ3v) is 5.69. The first-order chi connectivity index (χ1) is 22.2. The molecule has 0 aliphatic rings. The van der Waals surface area contributed by atoms with Gasteiger partial charge in [0.1, 0.15) is 24.4 Å². The van der Waals surface area contributed by atoms with Crippen LogP contribution in [0.15, 0.2) is 60.7 Å². The monoisotopic (exact) mass is 660 g/mol. The van der Waals surface area contributed by atoms with Crippen LogP contribution in [0.5, 0.6) is 0 Å². The van der Waals surface area contributed by atoms with Crippen LogP contribution in [0.25, 0.3) is 0 Å². The summed E-state index contributed by atoms with van der Waals surface area (Å²) in [6.45, 7) is 10.1. The molecule has 2 aromatic carbocycles. The highest BCUT2D eigenvalue weighted by molar-refractivity contribution is 5.82. The van der Waals surface area contributed by atoms with Crippen molar-refractivity contribution in [2.45, 2.75) is 78.0 Å². The van der Waals surface area contributed by atoms with Crippen molar-refractivity contribution in [3.63, 3.8) is 0 Å². The van der Waals surface area contributed by atoms with E-state index in [1.54, 1.807) is 41.5 Å². The van der Waals surface area contributed by atoms with Gasteiger partial charge in [0.25, 0.3) is 0 Å². The Labute approximate surface area is 276 Å². The Morgan fingerprint density at radius 2 is 0.915 bits per heavy atom. The van der Waals surface area contributed by atoms with Gasteiger partial charge in [-0.15, -0.1) is 0 Å².